The molecule has 2 amide bonds. The van der Waals surface area contributed by atoms with Crippen molar-refractivity contribution in [2.45, 2.75) is 6.92 Å². The monoisotopic (exact) mass is 397 g/mol. The largest absolute Gasteiger partial charge is 0.497 e. The Kier molecular flexibility index (Phi) is 6.23. The van der Waals surface area contributed by atoms with E-state index >= 15 is 0 Å². The molecule has 1 aromatic heterocycles. The zero-order valence-corrected chi connectivity index (χ0v) is 16.0. The minimum atomic E-state index is -0.483. The van der Waals surface area contributed by atoms with E-state index in [4.69, 9.17) is 9.26 Å². The molecular formula is C21H20FN3O4. The van der Waals surface area contributed by atoms with Crippen LogP contribution in [0.25, 0.3) is 11.3 Å². The minimum Gasteiger partial charge on any atom is -0.497 e. The quantitative estimate of drug-likeness (QED) is 0.659. The van der Waals surface area contributed by atoms with Gasteiger partial charge in [-0.3, -0.25) is 9.59 Å². The molecule has 0 atom stereocenters. The molecule has 0 radical (unpaired) electrons. The first-order chi connectivity index (χ1) is 14.0. The number of anilines is 1. The molecule has 2 aromatic carbocycles. The summed E-state index contributed by atoms with van der Waals surface area (Å²) < 4.78 is 23.6. The average Bonchev–Trinajstić information content (AvgIpc) is 3.22. The zero-order valence-electron chi connectivity index (χ0n) is 16.0. The topological polar surface area (TPSA) is 84.7 Å². The van der Waals surface area contributed by atoms with Crippen molar-refractivity contribution in [2.24, 2.45) is 0 Å². The van der Waals surface area contributed by atoms with Crippen molar-refractivity contribution in [2.75, 3.05) is 25.5 Å². The van der Waals surface area contributed by atoms with Gasteiger partial charge in [-0.15, -0.1) is 0 Å². The van der Waals surface area contributed by atoms with Gasteiger partial charge in [0.05, 0.1) is 7.11 Å². The summed E-state index contributed by atoms with van der Waals surface area (Å²) in [6.45, 7) is 1.88. The summed E-state index contributed by atoms with van der Waals surface area (Å²) in [4.78, 5) is 26.4. The first-order valence-electron chi connectivity index (χ1n) is 8.96. The predicted molar refractivity (Wildman–Crippen MR) is 105 cm³/mol. The van der Waals surface area contributed by atoms with Gasteiger partial charge in [-0.1, -0.05) is 23.4 Å². The third-order valence-corrected chi connectivity index (χ3v) is 4.20. The number of carbonyl (C=O) groups is 2. The molecule has 0 aliphatic heterocycles. The van der Waals surface area contributed by atoms with Gasteiger partial charge in [0.25, 0.3) is 5.91 Å². The maximum Gasteiger partial charge on any atom is 0.292 e. The normalized spacial score (nSPS) is 10.4. The van der Waals surface area contributed by atoms with E-state index in [0.29, 0.717) is 29.2 Å². The van der Waals surface area contributed by atoms with Gasteiger partial charge in [-0.25, -0.2) is 4.39 Å². The fourth-order valence-corrected chi connectivity index (χ4v) is 2.72. The molecule has 0 saturated heterocycles. The van der Waals surface area contributed by atoms with Crippen LogP contribution in [0.15, 0.2) is 59.1 Å². The van der Waals surface area contributed by atoms with Crippen molar-refractivity contribution in [1.29, 1.82) is 0 Å². The van der Waals surface area contributed by atoms with Crippen LogP contribution in [0.1, 0.15) is 17.5 Å². The van der Waals surface area contributed by atoms with Crippen molar-refractivity contribution in [3.8, 4) is 17.0 Å². The van der Waals surface area contributed by atoms with Crippen molar-refractivity contribution in [1.82, 2.24) is 10.1 Å². The summed E-state index contributed by atoms with van der Waals surface area (Å²) in [5, 5.41) is 6.55. The van der Waals surface area contributed by atoms with Crippen LogP contribution in [0.4, 0.5) is 10.1 Å². The highest BCUT2D eigenvalue weighted by molar-refractivity contribution is 5.98. The molecular weight excluding hydrogens is 377 g/mol. The molecule has 3 aromatic rings. The molecule has 0 aliphatic carbocycles. The van der Waals surface area contributed by atoms with Crippen molar-refractivity contribution >= 4 is 17.5 Å². The molecule has 0 fully saturated rings. The second-order valence-corrected chi connectivity index (χ2v) is 6.19. The first kappa shape index (κ1) is 20.1. The average molecular weight is 397 g/mol. The number of hydrogen-bond donors (Lipinski definition) is 1. The third-order valence-electron chi connectivity index (χ3n) is 4.20. The van der Waals surface area contributed by atoms with E-state index in [2.05, 4.69) is 10.5 Å². The van der Waals surface area contributed by atoms with Gasteiger partial charge >= 0.3 is 0 Å². The van der Waals surface area contributed by atoms with Gasteiger partial charge in [0.2, 0.25) is 11.7 Å². The van der Waals surface area contributed by atoms with Crippen LogP contribution >= 0.6 is 0 Å². The second-order valence-electron chi connectivity index (χ2n) is 6.19. The van der Waals surface area contributed by atoms with E-state index in [1.54, 1.807) is 43.3 Å². The van der Waals surface area contributed by atoms with E-state index in [0.717, 1.165) is 0 Å². The van der Waals surface area contributed by atoms with E-state index < -0.39 is 11.7 Å². The number of nitrogens with zero attached hydrogens (tertiary/aromatic N) is 2. The molecule has 0 spiro atoms. The molecule has 29 heavy (non-hydrogen) atoms. The Hall–Kier alpha value is -3.68. The molecule has 0 unspecified atom stereocenters. The van der Waals surface area contributed by atoms with Crippen LogP contribution in [0.5, 0.6) is 5.75 Å². The number of rotatable bonds is 7. The fourth-order valence-electron chi connectivity index (χ4n) is 2.72. The van der Waals surface area contributed by atoms with E-state index in [1.165, 1.54) is 30.2 Å². The molecule has 150 valence electrons. The van der Waals surface area contributed by atoms with Crippen molar-refractivity contribution in [3.05, 3.63) is 66.2 Å². The van der Waals surface area contributed by atoms with Gasteiger partial charge in [0.15, 0.2) is 0 Å². The lowest BCUT2D eigenvalue weighted by atomic mass is 10.1. The van der Waals surface area contributed by atoms with Crippen LogP contribution in [-0.4, -0.2) is 42.1 Å². The molecule has 1 heterocycles. The second kappa shape index (κ2) is 9.01. The Morgan fingerprint density at radius 1 is 1.17 bits per heavy atom. The van der Waals surface area contributed by atoms with E-state index in [9.17, 15) is 14.0 Å². The summed E-state index contributed by atoms with van der Waals surface area (Å²) in [7, 11) is 1.54. The number of ether oxygens (including phenoxy) is 1. The highest BCUT2D eigenvalue weighted by Gasteiger charge is 2.22. The standard InChI is InChI=1S/C21H20FN3O4/c1-3-25(13-20(26)23-16-8-5-9-17(11-16)28-2)21(27)19-12-18(24-29-19)14-6-4-7-15(22)10-14/h4-12H,3,13H2,1-2H3,(H,23,26). The van der Waals surface area contributed by atoms with Crippen LogP contribution in [-0.2, 0) is 4.79 Å². The van der Waals surface area contributed by atoms with Crippen LogP contribution in [0.2, 0.25) is 0 Å². The zero-order chi connectivity index (χ0) is 20.8. The number of methoxy groups -OCH3 is 1. The number of likely N-dealkylation sites (N-methyl/N-ethyl adjacent to an activating group) is 1. The number of carbonyl (C=O) groups excluding carboxylic acids is 2. The SMILES string of the molecule is CCN(CC(=O)Nc1cccc(OC)c1)C(=O)c1cc(-c2cccc(F)c2)no1. The Morgan fingerprint density at radius 3 is 2.69 bits per heavy atom. The number of aromatic nitrogens is 1. The maximum absolute atomic E-state index is 13.4. The predicted octanol–water partition coefficient (Wildman–Crippen LogP) is 3.59. The van der Waals surface area contributed by atoms with E-state index in [1.807, 2.05) is 0 Å². The van der Waals surface area contributed by atoms with Gasteiger partial charge < -0.3 is 19.5 Å². The summed E-state index contributed by atoms with van der Waals surface area (Å²) >= 11 is 0. The molecule has 0 saturated carbocycles. The molecule has 0 aliphatic rings. The van der Waals surface area contributed by atoms with Crippen LogP contribution in [0.3, 0.4) is 0 Å². The van der Waals surface area contributed by atoms with Crippen molar-refractivity contribution < 1.29 is 23.2 Å². The Bertz CT molecular complexity index is 1020. The Balaban J connectivity index is 1.68. The summed E-state index contributed by atoms with van der Waals surface area (Å²) in [5.74, 6) is -0.678. The van der Waals surface area contributed by atoms with Gasteiger partial charge in [-0.05, 0) is 31.2 Å². The van der Waals surface area contributed by atoms with Crippen molar-refractivity contribution in [3.63, 3.8) is 0 Å². The van der Waals surface area contributed by atoms with Crippen LogP contribution in [0, 0.1) is 5.82 Å². The number of hydrogen-bond acceptors (Lipinski definition) is 5. The number of benzene rings is 2. The maximum atomic E-state index is 13.4. The fraction of sp³-hybridized carbons (Fsp3) is 0.190. The molecule has 3 rings (SSSR count). The summed E-state index contributed by atoms with van der Waals surface area (Å²) in [5.41, 5.74) is 1.39. The number of amides is 2. The molecule has 1 N–H and O–H groups in total. The lowest BCUT2D eigenvalue weighted by Gasteiger charge is -2.18. The lowest BCUT2D eigenvalue weighted by Crippen LogP contribution is -2.37. The number of nitrogens with one attached hydrogen (secondary N) is 1. The highest BCUT2D eigenvalue weighted by atomic mass is 19.1. The first-order valence-corrected chi connectivity index (χ1v) is 8.96. The summed E-state index contributed by atoms with van der Waals surface area (Å²) in [6.07, 6.45) is 0. The smallest absolute Gasteiger partial charge is 0.292 e. The van der Waals surface area contributed by atoms with E-state index in [-0.39, 0.29) is 18.2 Å². The highest BCUT2D eigenvalue weighted by Crippen LogP contribution is 2.21. The van der Waals surface area contributed by atoms with Gasteiger partial charge in [-0.2, -0.15) is 0 Å². The van der Waals surface area contributed by atoms with Gasteiger partial charge in [0.1, 0.15) is 23.8 Å². The molecule has 7 nitrogen and oxygen atoms in total. The Labute approximate surface area is 167 Å². The summed E-state index contributed by atoms with van der Waals surface area (Å²) in [6, 6.07) is 14.2. The Morgan fingerprint density at radius 2 is 1.97 bits per heavy atom. The minimum absolute atomic E-state index is 0.0275. The molecule has 0 bridgehead atoms. The lowest BCUT2D eigenvalue weighted by molar-refractivity contribution is -0.116. The molecule has 8 heteroatoms. The van der Waals surface area contributed by atoms with Crippen LogP contribution < -0.4 is 10.1 Å². The van der Waals surface area contributed by atoms with Gasteiger partial charge in [0, 0.05) is 29.9 Å². The third kappa shape index (κ3) is 4.98. The number of halogens is 1.